The van der Waals surface area contributed by atoms with Crippen molar-refractivity contribution >= 4 is 10.0 Å². The third kappa shape index (κ3) is 3.06. The number of hydrogen-bond acceptors (Lipinski definition) is 4. The first-order valence-electron chi connectivity index (χ1n) is 6.97. The van der Waals surface area contributed by atoms with E-state index in [0.717, 1.165) is 19.5 Å². The summed E-state index contributed by atoms with van der Waals surface area (Å²) in [5.74, 6) is 0. The number of rotatable bonds is 4. The molecule has 0 aliphatic carbocycles. The molecule has 20 heavy (non-hydrogen) atoms. The van der Waals surface area contributed by atoms with Gasteiger partial charge in [0.15, 0.2) is 0 Å². The van der Waals surface area contributed by atoms with Gasteiger partial charge in [-0.2, -0.15) is 4.31 Å². The summed E-state index contributed by atoms with van der Waals surface area (Å²) in [6, 6.07) is 1.58. The first kappa shape index (κ1) is 15.5. The Balaban J connectivity index is 2.27. The lowest BCUT2D eigenvalue weighted by Gasteiger charge is -2.19. The molecule has 1 aromatic heterocycles. The van der Waals surface area contributed by atoms with E-state index in [0.29, 0.717) is 25.3 Å². The zero-order valence-corrected chi connectivity index (χ0v) is 12.9. The predicted molar refractivity (Wildman–Crippen MR) is 76.9 cm³/mol. The molecule has 2 rings (SSSR count). The van der Waals surface area contributed by atoms with Gasteiger partial charge in [0, 0.05) is 38.1 Å². The molecule has 0 radical (unpaired) electrons. The molecule has 114 valence electrons. The van der Waals surface area contributed by atoms with E-state index in [4.69, 9.17) is 0 Å². The Hall–Kier alpha value is -0.890. The molecule has 1 aliphatic rings. The fourth-order valence-corrected chi connectivity index (χ4v) is 4.04. The van der Waals surface area contributed by atoms with Crippen LogP contribution in [0.25, 0.3) is 0 Å². The van der Waals surface area contributed by atoms with Gasteiger partial charge in [-0.05, 0) is 33.0 Å². The molecule has 0 spiro atoms. The summed E-state index contributed by atoms with van der Waals surface area (Å²) in [6.45, 7) is 5.17. The van der Waals surface area contributed by atoms with Crippen LogP contribution in [0.5, 0.6) is 0 Å². The lowest BCUT2D eigenvalue weighted by atomic mass is 10.4. The Labute approximate surface area is 120 Å². The van der Waals surface area contributed by atoms with Crippen LogP contribution in [0.4, 0.5) is 0 Å². The molecule has 1 aromatic rings. The highest BCUT2D eigenvalue weighted by atomic mass is 32.2. The largest absolute Gasteiger partial charge is 0.390 e. The monoisotopic (exact) mass is 301 g/mol. The van der Waals surface area contributed by atoms with Gasteiger partial charge in [0.1, 0.15) is 4.90 Å². The Morgan fingerprint density at radius 1 is 1.25 bits per heavy atom. The van der Waals surface area contributed by atoms with E-state index < -0.39 is 10.0 Å². The molecule has 7 heteroatoms. The highest BCUT2D eigenvalue weighted by Gasteiger charge is 2.27. The molecule has 0 amide bonds. The molecule has 2 heterocycles. The van der Waals surface area contributed by atoms with E-state index >= 15 is 0 Å². The second-order valence-electron chi connectivity index (χ2n) is 5.17. The average Bonchev–Trinajstić information content (AvgIpc) is 2.74. The maximum atomic E-state index is 12.7. The van der Waals surface area contributed by atoms with Crippen LogP contribution in [0, 0.1) is 0 Å². The Kier molecular flexibility index (Phi) is 4.85. The minimum atomic E-state index is -3.46. The lowest BCUT2D eigenvalue weighted by Crippen LogP contribution is -2.34. The molecular weight excluding hydrogens is 278 g/mol. The van der Waals surface area contributed by atoms with Crippen LogP contribution in [0.2, 0.25) is 0 Å². The second-order valence-corrected chi connectivity index (χ2v) is 7.11. The van der Waals surface area contributed by atoms with Crippen molar-refractivity contribution in [1.29, 1.82) is 0 Å². The van der Waals surface area contributed by atoms with Crippen LogP contribution in [0.1, 0.15) is 19.0 Å². The number of hydrogen-bond donors (Lipinski definition) is 1. The van der Waals surface area contributed by atoms with E-state index in [9.17, 15) is 13.5 Å². The Morgan fingerprint density at radius 2 is 2.00 bits per heavy atom. The van der Waals surface area contributed by atoms with Crippen molar-refractivity contribution in [2.75, 3.05) is 33.2 Å². The van der Waals surface area contributed by atoms with Crippen molar-refractivity contribution in [3.63, 3.8) is 0 Å². The molecule has 0 saturated carbocycles. The van der Waals surface area contributed by atoms with Gasteiger partial charge in [-0.25, -0.2) is 8.42 Å². The smallest absolute Gasteiger partial charge is 0.244 e. The van der Waals surface area contributed by atoms with Gasteiger partial charge in [0.25, 0.3) is 0 Å². The van der Waals surface area contributed by atoms with Crippen LogP contribution in [-0.4, -0.2) is 60.5 Å². The maximum absolute atomic E-state index is 12.7. The van der Waals surface area contributed by atoms with Gasteiger partial charge in [0.05, 0.1) is 6.61 Å². The van der Waals surface area contributed by atoms with Crippen molar-refractivity contribution < 1.29 is 13.5 Å². The highest BCUT2D eigenvalue weighted by Crippen LogP contribution is 2.20. The third-order valence-corrected chi connectivity index (χ3v) is 5.64. The number of sulfonamides is 1. The summed E-state index contributed by atoms with van der Waals surface area (Å²) in [6.07, 6.45) is 2.46. The number of aliphatic hydroxyl groups is 1. The number of aryl methyl sites for hydroxylation is 1. The van der Waals surface area contributed by atoms with Crippen molar-refractivity contribution in [3.8, 4) is 0 Å². The van der Waals surface area contributed by atoms with E-state index in [2.05, 4.69) is 4.90 Å². The average molecular weight is 301 g/mol. The molecule has 1 aliphatic heterocycles. The molecule has 0 unspecified atom stereocenters. The fraction of sp³-hybridized carbons (Fsp3) is 0.692. The van der Waals surface area contributed by atoms with E-state index in [1.807, 2.05) is 14.0 Å². The predicted octanol–water partition coefficient (Wildman–Crippen LogP) is 0.326. The molecule has 1 saturated heterocycles. The molecule has 1 N–H and O–H groups in total. The van der Waals surface area contributed by atoms with Crippen molar-refractivity contribution in [2.24, 2.45) is 0 Å². The topological polar surface area (TPSA) is 65.8 Å². The molecule has 1 fully saturated rings. The van der Waals surface area contributed by atoms with Crippen LogP contribution in [-0.2, 0) is 23.2 Å². The minimum Gasteiger partial charge on any atom is -0.390 e. The van der Waals surface area contributed by atoms with Gasteiger partial charge in [-0.3, -0.25) is 0 Å². The second kappa shape index (κ2) is 6.26. The summed E-state index contributed by atoms with van der Waals surface area (Å²) in [7, 11) is -1.45. The summed E-state index contributed by atoms with van der Waals surface area (Å²) < 4.78 is 28.6. The van der Waals surface area contributed by atoms with Crippen LogP contribution < -0.4 is 0 Å². The number of aromatic nitrogens is 1. The minimum absolute atomic E-state index is 0.147. The van der Waals surface area contributed by atoms with Crippen molar-refractivity contribution in [2.45, 2.75) is 31.4 Å². The molecule has 0 aromatic carbocycles. The number of nitrogens with zero attached hydrogens (tertiary/aromatic N) is 3. The fourth-order valence-electron chi connectivity index (χ4n) is 2.51. The quantitative estimate of drug-likeness (QED) is 0.870. The summed E-state index contributed by atoms with van der Waals surface area (Å²) >= 11 is 0. The van der Waals surface area contributed by atoms with E-state index in [1.54, 1.807) is 21.1 Å². The van der Waals surface area contributed by atoms with Crippen LogP contribution in [0.15, 0.2) is 17.2 Å². The van der Waals surface area contributed by atoms with Gasteiger partial charge in [0.2, 0.25) is 10.0 Å². The molecule has 6 nitrogen and oxygen atoms in total. The number of aliphatic hydroxyl groups excluding tert-OH is 1. The van der Waals surface area contributed by atoms with Crippen LogP contribution >= 0.6 is 0 Å². The molecule has 0 atom stereocenters. The van der Waals surface area contributed by atoms with Crippen molar-refractivity contribution in [3.05, 3.63) is 18.0 Å². The Bertz CT molecular complexity index is 532. The van der Waals surface area contributed by atoms with Gasteiger partial charge >= 0.3 is 0 Å². The molecular formula is C13H23N3O3S. The van der Waals surface area contributed by atoms with E-state index in [1.165, 1.54) is 0 Å². The lowest BCUT2D eigenvalue weighted by molar-refractivity contribution is 0.271. The van der Waals surface area contributed by atoms with Gasteiger partial charge in [-0.15, -0.1) is 0 Å². The Morgan fingerprint density at radius 3 is 2.60 bits per heavy atom. The first-order valence-corrected chi connectivity index (χ1v) is 8.41. The normalized spacial score (nSPS) is 19.1. The molecule has 0 bridgehead atoms. The SMILES string of the molecule is CCn1cc(S(=O)(=O)N2CCCN(C)CC2)cc1CO. The zero-order chi connectivity index (χ0) is 14.8. The van der Waals surface area contributed by atoms with Crippen LogP contribution in [0.3, 0.4) is 0 Å². The summed E-state index contributed by atoms with van der Waals surface area (Å²) in [5, 5.41) is 9.28. The standard InChI is InChI=1S/C13H23N3O3S/c1-3-15-10-13(9-12(15)11-17)20(18,19)16-6-4-5-14(2)7-8-16/h9-10,17H,3-8,11H2,1-2H3. The maximum Gasteiger partial charge on any atom is 0.244 e. The van der Waals surface area contributed by atoms with E-state index in [-0.39, 0.29) is 11.5 Å². The summed E-state index contributed by atoms with van der Waals surface area (Å²) in [4.78, 5) is 2.43. The third-order valence-electron chi connectivity index (χ3n) is 3.78. The number of likely N-dealkylation sites (N-methyl/N-ethyl adjacent to an activating group) is 1. The van der Waals surface area contributed by atoms with Crippen molar-refractivity contribution in [1.82, 2.24) is 13.8 Å². The summed E-state index contributed by atoms with van der Waals surface area (Å²) in [5.41, 5.74) is 0.637. The van der Waals surface area contributed by atoms with Gasteiger partial charge in [-0.1, -0.05) is 0 Å². The first-order chi connectivity index (χ1) is 9.48. The van der Waals surface area contributed by atoms with Gasteiger partial charge < -0.3 is 14.6 Å². The highest BCUT2D eigenvalue weighted by molar-refractivity contribution is 7.89. The zero-order valence-electron chi connectivity index (χ0n) is 12.1.